The van der Waals surface area contributed by atoms with E-state index < -0.39 is 5.97 Å². The first-order chi connectivity index (χ1) is 7.27. The molecule has 0 aliphatic carbocycles. The van der Waals surface area contributed by atoms with Crippen LogP contribution in [0, 0.1) is 0 Å². The van der Waals surface area contributed by atoms with Crippen LogP contribution in [0.5, 0.6) is 0 Å². The molecule has 5 heteroatoms. The molecule has 0 spiro atoms. The van der Waals surface area contributed by atoms with Crippen molar-refractivity contribution in [1.29, 1.82) is 0 Å². The maximum atomic E-state index is 10.8. The fourth-order valence-corrected chi connectivity index (χ4v) is 1.96. The maximum absolute atomic E-state index is 10.8. The molecule has 0 amide bonds. The van der Waals surface area contributed by atoms with Crippen molar-refractivity contribution in [2.24, 2.45) is 0 Å². The Labute approximate surface area is 88.1 Å². The van der Waals surface area contributed by atoms with Crippen molar-refractivity contribution in [2.75, 3.05) is 19.6 Å². The zero-order chi connectivity index (χ0) is 10.7. The monoisotopic (exact) mass is 209 g/mol. The zero-order valence-electron chi connectivity index (χ0n) is 8.57. The average molecular weight is 209 g/mol. The Kier molecular flexibility index (Phi) is 3.01. The van der Waals surface area contributed by atoms with E-state index in [2.05, 4.69) is 15.1 Å². The van der Waals surface area contributed by atoms with Crippen molar-refractivity contribution < 1.29 is 9.90 Å². The number of aromatic nitrogens is 2. The van der Waals surface area contributed by atoms with Crippen LogP contribution in [-0.2, 0) is 6.42 Å². The lowest BCUT2D eigenvalue weighted by Crippen LogP contribution is -2.22. The number of H-pyrrole nitrogens is 1. The minimum atomic E-state index is -0.903. The molecule has 82 valence electrons. The van der Waals surface area contributed by atoms with Crippen LogP contribution in [0.2, 0.25) is 0 Å². The van der Waals surface area contributed by atoms with Gasteiger partial charge in [0.1, 0.15) is 5.56 Å². The summed E-state index contributed by atoms with van der Waals surface area (Å²) in [5.74, 6) is -0.903. The summed E-state index contributed by atoms with van der Waals surface area (Å²) in [5, 5.41) is 15.4. The highest BCUT2D eigenvalue weighted by Crippen LogP contribution is 2.10. The molecule has 1 fully saturated rings. The fraction of sp³-hybridized carbons (Fsp3) is 0.600. The highest BCUT2D eigenvalue weighted by atomic mass is 16.4. The Morgan fingerprint density at radius 2 is 2.27 bits per heavy atom. The smallest absolute Gasteiger partial charge is 0.339 e. The average Bonchev–Trinajstić information content (AvgIpc) is 2.86. The summed E-state index contributed by atoms with van der Waals surface area (Å²) in [6.07, 6.45) is 4.63. The molecule has 0 unspecified atom stereocenters. The molecule has 1 aliphatic heterocycles. The lowest BCUT2D eigenvalue weighted by atomic mass is 10.2. The zero-order valence-corrected chi connectivity index (χ0v) is 8.57. The molecule has 0 atom stereocenters. The second-order valence-electron chi connectivity index (χ2n) is 3.87. The van der Waals surface area contributed by atoms with Crippen LogP contribution in [0.4, 0.5) is 0 Å². The maximum Gasteiger partial charge on any atom is 0.339 e. The summed E-state index contributed by atoms with van der Waals surface area (Å²) >= 11 is 0. The standard InChI is InChI=1S/C10H15N3O2/c14-10(15)8-7-11-12-9(8)3-6-13-4-1-2-5-13/h7H,1-6H2,(H,11,12)(H,14,15). The van der Waals surface area contributed by atoms with Gasteiger partial charge in [-0.15, -0.1) is 0 Å². The number of rotatable bonds is 4. The third-order valence-electron chi connectivity index (χ3n) is 2.83. The Balaban J connectivity index is 1.92. The van der Waals surface area contributed by atoms with Crippen molar-refractivity contribution in [3.8, 4) is 0 Å². The Bertz CT molecular complexity index is 342. The van der Waals surface area contributed by atoms with Gasteiger partial charge >= 0.3 is 5.97 Å². The molecule has 2 heterocycles. The summed E-state index contributed by atoms with van der Waals surface area (Å²) in [4.78, 5) is 13.2. The van der Waals surface area contributed by atoms with Gasteiger partial charge in [-0.25, -0.2) is 4.79 Å². The van der Waals surface area contributed by atoms with Gasteiger partial charge < -0.3 is 10.0 Å². The lowest BCUT2D eigenvalue weighted by molar-refractivity contribution is 0.0695. The van der Waals surface area contributed by atoms with Gasteiger partial charge in [-0.05, 0) is 25.9 Å². The van der Waals surface area contributed by atoms with E-state index in [4.69, 9.17) is 5.11 Å². The van der Waals surface area contributed by atoms with Gasteiger partial charge in [0.15, 0.2) is 0 Å². The van der Waals surface area contributed by atoms with Crippen LogP contribution >= 0.6 is 0 Å². The quantitative estimate of drug-likeness (QED) is 0.767. The van der Waals surface area contributed by atoms with E-state index in [9.17, 15) is 4.79 Å². The second-order valence-corrected chi connectivity index (χ2v) is 3.87. The number of likely N-dealkylation sites (tertiary alicyclic amines) is 1. The summed E-state index contributed by atoms with van der Waals surface area (Å²) < 4.78 is 0. The van der Waals surface area contributed by atoms with E-state index in [1.807, 2.05) is 0 Å². The Morgan fingerprint density at radius 1 is 1.53 bits per heavy atom. The van der Waals surface area contributed by atoms with Crippen LogP contribution in [0.15, 0.2) is 6.20 Å². The molecular weight excluding hydrogens is 194 g/mol. The van der Waals surface area contributed by atoms with Gasteiger partial charge in [-0.3, -0.25) is 5.10 Å². The number of nitrogens with zero attached hydrogens (tertiary/aromatic N) is 2. The van der Waals surface area contributed by atoms with Gasteiger partial charge in [-0.1, -0.05) is 0 Å². The number of hydrogen-bond acceptors (Lipinski definition) is 3. The number of hydrogen-bond donors (Lipinski definition) is 2. The number of carbonyl (C=O) groups is 1. The van der Waals surface area contributed by atoms with Crippen LogP contribution in [-0.4, -0.2) is 45.8 Å². The van der Waals surface area contributed by atoms with Crippen molar-refractivity contribution in [3.63, 3.8) is 0 Å². The van der Waals surface area contributed by atoms with E-state index in [0.29, 0.717) is 5.56 Å². The second kappa shape index (κ2) is 4.44. The number of carboxylic acid groups (broad SMARTS) is 1. The number of aromatic amines is 1. The van der Waals surface area contributed by atoms with Crippen molar-refractivity contribution in [2.45, 2.75) is 19.3 Å². The number of carboxylic acids is 1. The molecule has 1 aromatic rings. The number of nitrogens with one attached hydrogen (secondary N) is 1. The normalized spacial score (nSPS) is 17.1. The summed E-state index contributed by atoms with van der Waals surface area (Å²) in [5.41, 5.74) is 1.03. The Hall–Kier alpha value is -1.36. The minimum absolute atomic E-state index is 0.300. The van der Waals surface area contributed by atoms with Gasteiger partial charge in [0.25, 0.3) is 0 Å². The largest absolute Gasteiger partial charge is 0.478 e. The predicted molar refractivity (Wildman–Crippen MR) is 54.9 cm³/mol. The predicted octanol–water partition coefficient (Wildman–Crippen LogP) is 0.746. The minimum Gasteiger partial charge on any atom is -0.478 e. The molecule has 0 bridgehead atoms. The molecule has 2 N–H and O–H groups in total. The van der Waals surface area contributed by atoms with Crippen LogP contribution in [0.25, 0.3) is 0 Å². The topological polar surface area (TPSA) is 69.2 Å². The van der Waals surface area contributed by atoms with E-state index in [-0.39, 0.29) is 0 Å². The van der Waals surface area contributed by atoms with Crippen molar-refractivity contribution in [1.82, 2.24) is 15.1 Å². The van der Waals surface area contributed by atoms with Crippen molar-refractivity contribution in [3.05, 3.63) is 17.5 Å². The highest BCUT2D eigenvalue weighted by Gasteiger charge is 2.15. The molecule has 1 aromatic heterocycles. The molecule has 0 saturated carbocycles. The SMILES string of the molecule is O=C(O)c1cn[nH]c1CCN1CCCC1. The summed E-state index contributed by atoms with van der Waals surface area (Å²) in [6, 6.07) is 0. The van der Waals surface area contributed by atoms with Crippen molar-refractivity contribution >= 4 is 5.97 Å². The third kappa shape index (κ3) is 2.36. The first-order valence-electron chi connectivity index (χ1n) is 5.25. The van der Waals surface area contributed by atoms with Gasteiger partial charge in [0.05, 0.1) is 11.9 Å². The van der Waals surface area contributed by atoms with E-state index in [0.717, 1.165) is 31.7 Å². The fourth-order valence-electron chi connectivity index (χ4n) is 1.96. The molecule has 1 saturated heterocycles. The molecule has 1 aliphatic rings. The van der Waals surface area contributed by atoms with Gasteiger partial charge in [-0.2, -0.15) is 5.10 Å². The number of aromatic carboxylic acids is 1. The third-order valence-corrected chi connectivity index (χ3v) is 2.83. The molecule has 0 aromatic carbocycles. The lowest BCUT2D eigenvalue weighted by Gasteiger charge is -2.13. The molecular formula is C10H15N3O2. The molecule has 5 nitrogen and oxygen atoms in total. The van der Waals surface area contributed by atoms with Crippen LogP contribution in [0.3, 0.4) is 0 Å². The van der Waals surface area contributed by atoms with Crippen LogP contribution < -0.4 is 0 Å². The summed E-state index contributed by atoms with van der Waals surface area (Å²) in [6.45, 7) is 3.19. The summed E-state index contributed by atoms with van der Waals surface area (Å²) in [7, 11) is 0. The molecule has 0 radical (unpaired) electrons. The molecule has 2 rings (SSSR count). The Morgan fingerprint density at radius 3 is 2.93 bits per heavy atom. The first kappa shape index (κ1) is 10.2. The van der Waals surface area contributed by atoms with E-state index in [1.165, 1.54) is 19.0 Å². The van der Waals surface area contributed by atoms with E-state index >= 15 is 0 Å². The van der Waals surface area contributed by atoms with Gasteiger partial charge in [0.2, 0.25) is 0 Å². The van der Waals surface area contributed by atoms with E-state index in [1.54, 1.807) is 0 Å². The molecule has 15 heavy (non-hydrogen) atoms. The van der Waals surface area contributed by atoms with Gasteiger partial charge in [0, 0.05) is 13.0 Å². The first-order valence-corrected chi connectivity index (χ1v) is 5.25. The highest BCUT2D eigenvalue weighted by molar-refractivity contribution is 5.88. The van der Waals surface area contributed by atoms with Crippen LogP contribution in [0.1, 0.15) is 28.9 Å².